The number of rotatable bonds is 9. The molecule has 0 aliphatic rings. The van der Waals surface area contributed by atoms with Gasteiger partial charge in [0.15, 0.2) is 0 Å². The van der Waals surface area contributed by atoms with E-state index in [4.69, 9.17) is 11.6 Å². The minimum atomic E-state index is -0.319. The van der Waals surface area contributed by atoms with Gasteiger partial charge in [-0.25, -0.2) is 4.39 Å². The molecule has 0 bridgehead atoms. The van der Waals surface area contributed by atoms with Crippen LogP contribution in [0.4, 0.5) is 4.39 Å². The highest BCUT2D eigenvalue weighted by atomic mass is 35.5. The summed E-state index contributed by atoms with van der Waals surface area (Å²) in [6.07, 6.45) is 0.710. The molecule has 0 aliphatic carbocycles. The van der Waals surface area contributed by atoms with Gasteiger partial charge in [0, 0.05) is 28.0 Å². The SMILES string of the molecule is CCC(C)N(CC(=O)N(Cc1ccc(F)cc1)Cc1sccc1C)C(=O)c1cccc(Cl)c1. The predicted molar refractivity (Wildman–Crippen MR) is 132 cm³/mol. The van der Waals surface area contributed by atoms with Crippen molar-refractivity contribution in [3.63, 3.8) is 0 Å². The summed E-state index contributed by atoms with van der Waals surface area (Å²) in [5.41, 5.74) is 2.40. The van der Waals surface area contributed by atoms with Crippen molar-refractivity contribution in [1.29, 1.82) is 0 Å². The lowest BCUT2D eigenvalue weighted by Gasteiger charge is -2.31. The minimum Gasteiger partial charge on any atom is -0.332 e. The van der Waals surface area contributed by atoms with Crippen LogP contribution in [0.15, 0.2) is 60.0 Å². The fourth-order valence-electron chi connectivity index (χ4n) is 3.46. The fourth-order valence-corrected chi connectivity index (χ4v) is 4.57. The Balaban J connectivity index is 1.85. The van der Waals surface area contributed by atoms with E-state index in [0.29, 0.717) is 30.1 Å². The second-order valence-electron chi connectivity index (χ2n) is 8.10. The summed E-state index contributed by atoms with van der Waals surface area (Å²) >= 11 is 7.68. The van der Waals surface area contributed by atoms with Gasteiger partial charge in [0.1, 0.15) is 12.4 Å². The van der Waals surface area contributed by atoms with Crippen molar-refractivity contribution in [2.24, 2.45) is 0 Å². The number of thiophene rings is 1. The molecule has 33 heavy (non-hydrogen) atoms. The maximum atomic E-state index is 13.5. The first kappa shape index (κ1) is 24.9. The number of halogens is 2. The standard InChI is InChI=1S/C26H28ClFN2O2S/c1-4-19(3)30(26(32)21-6-5-7-22(27)14-21)17-25(31)29(16-24-18(2)12-13-33-24)15-20-8-10-23(28)11-9-20/h5-14,19H,4,15-17H2,1-3H3. The van der Waals surface area contributed by atoms with Crippen LogP contribution in [0.25, 0.3) is 0 Å². The Kier molecular flexibility index (Phi) is 8.64. The summed E-state index contributed by atoms with van der Waals surface area (Å²) in [7, 11) is 0. The lowest BCUT2D eigenvalue weighted by molar-refractivity contribution is -0.133. The van der Waals surface area contributed by atoms with Gasteiger partial charge in [0.2, 0.25) is 5.91 Å². The highest BCUT2D eigenvalue weighted by Gasteiger charge is 2.26. The minimum absolute atomic E-state index is 0.0496. The van der Waals surface area contributed by atoms with Gasteiger partial charge in [-0.2, -0.15) is 0 Å². The molecule has 0 radical (unpaired) electrons. The van der Waals surface area contributed by atoms with Gasteiger partial charge in [-0.3, -0.25) is 9.59 Å². The highest BCUT2D eigenvalue weighted by Crippen LogP contribution is 2.21. The topological polar surface area (TPSA) is 40.6 Å². The number of aryl methyl sites for hydroxylation is 1. The van der Waals surface area contributed by atoms with Crippen LogP contribution in [-0.2, 0) is 17.9 Å². The molecule has 0 saturated heterocycles. The van der Waals surface area contributed by atoms with Crippen LogP contribution in [-0.4, -0.2) is 34.2 Å². The fraction of sp³-hybridized carbons (Fsp3) is 0.308. The van der Waals surface area contributed by atoms with Crippen molar-refractivity contribution >= 4 is 34.8 Å². The maximum Gasteiger partial charge on any atom is 0.254 e. The van der Waals surface area contributed by atoms with Crippen LogP contribution in [0.1, 0.15) is 46.6 Å². The molecule has 0 N–H and O–H groups in total. The Bertz CT molecular complexity index is 1100. The van der Waals surface area contributed by atoms with Crippen molar-refractivity contribution in [3.05, 3.63) is 92.4 Å². The molecule has 4 nitrogen and oxygen atoms in total. The molecular weight excluding hydrogens is 459 g/mol. The Morgan fingerprint density at radius 1 is 1.09 bits per heavy atom. The monoisotopic (exact) mass is 486 g/mol. The van der Waals surface area contributed by atoms with Crippen LogP contribution < -0.4 is 0 Å². The number of carbonyl (C=O) groups excluding carboxylic acids is 2. The normalized spacial score (nSPS) is 11.8. The van der Waals surface area contributed by atoms with Crippen molar-refractivity contribution in [2.75, 3.05) is 6.54 Å². The zero-order valence-corrected chi connectivity index (χ0v) is 20.6. The molecule has 2 aromatic carbocycles. The van der Waals surface area contributed by atoms with Crippen molar-refractivity contribution in [3.8, 4) is 0 Å². The molecule has 1 aromatic heterocycles. The Hall–Kier alpha value is -2.70. The van der Waals surface area contributed by atoms with Crippen molar-refractivity contribution in [2.45, 2.75) is 46.3 Å². The molecular formula is C26H28ClFN2O2S. The summed E-state index contributed by atoms with van der Waals surface area (Å²) in [4.78, 5) is 31.2. The molecule has 0 fully saturated rings. The third kappa shape index (κ3) is 6.65. The van der Waals surface area contributed by atoms with Crippen molar-refractivity contribution in [1.82, 2.24) is 9.80 Å². The Morgan fingerprint density at radius 3 is 2.42 bits per heavy atom. The number of benzene rings is 2. The summed E-state index contributed by atoms with van der Waals surface area (Å²) in [5, 5.41) is 2.47. The molecule has 2 amide bonds. The van der Waals surface area contributed by atoms with Crippen LogP contribution in [0.2, 0.25) is 5.02 Å². The van der Waals surface area contributed by atoms with E-state index >= 15 is 0 Å². The lowest BCUT2D eigenvalue weighted by Crippen LogP contribution is -2.46. The Morgan fingerprint density at radius 2 is 1.82 bits per heavy atom. The highest BCUT2D eigenvalue weighted by molar-refractivity contribution is 7.10. The summed E-state index contributed by atoms with van der Waals surface area (Å²) in [6.45, 7) is 6.64. The number of nitrogens with zero attached hydrogens (tertiary/aromatic N) is 2. The summed E-state index contributed by atoms with van der Waals surface area (Å²) < 4.78 is 13.4. The number of hydrogen-bond donors (Lipinski definition) is 0. The van der Waals surface area contributed by atoms with E-state index < -0.39 is 0 Å². The van der Waals surface area contributed by atoms with Gasteiger partial charge in [-0.15, -0.1) is 11.3 Å². The zero-order valence-electron chi connectivity index (χ0n) is 19.1. The molecule has 0 spiro atoms. The second-order valence-corrected chi connectivity index (χ2v) is 9.54. The molecule has 1 heterocycles. The van der Waals surface area contributed by atoms with Crippen LogP contribution in [0.5, 0.6) is 0 Å². The third-order valence-electron chi connectivity index (χ3n) is 5.70. The van der Waals surface area contributed by atoms with Gasteiger partial charge in [0.05, 0.1) is 6.54 Å². The van der Waals surface area contributed by atoms with Crippen LogP contribution in [0, 0.1) is 12.7 Å². The predicted octanol–water partition coefficient (Wildman–Crippen LogP) is 6.32. The van der Waals surface area contributed by atoms with E-state index in [1.54, 1.807) is 57.5 Å². The number of carbonyl (C=O) groups is 2. The average Bonchev–Trinajstić information content (AvgIpc) is 3.21. The number of hydrogen-bond acceptors (Lipinski definition) is 3. The maximum absolute atomic E-state index is 13.5. The van der Waals surface area contributed by atoms with E-state index in [1.807, 2.05) is 32.2 Å². The van der Waals surface area contributed by atoms with Gasteiger partial charge in [-0.1, -0.05) is 36.7 Å². The number of amides is 2. The van der Waals surface area contributed by atoms with Crippen LogP contribution in [0.3, 0.4) is 0 Å². The van der Waals surface area contributed by atoms with E-state index in [-0.39, 0.29) is 30.2 Å². The molecule has 174 valence electrons. The van der Waals surface area contributed by atoms with E-state index in [2.05, 4.69) is 0 Å². The summed E-state index contributed by atoms with van der Waals surface area (Å²) in [5.74, 6) is -0.710. The van der Waals surface area contributed by atoms with E-state index in [0.717, 1.165) is 16.0 Å². The average molecular weight is 487 g/mol. The largest absolute Gasteiger partial charge is 0.332 e. The van der Waals surface area contributed by atoms with Crippen molar-refractivity contribution < 1.29 is 14.0 Å². The third-order valence-corrected chi connectivity index (χ3v) is 6.95. The van der Waals surface area contributed by atoms with E-state index in [9.17, 15) is 14.0 Å². The lowest BCUT2D eigenvalue weighted by atomic mass is 10.1. The molecule has 0 saturated carbocycles. The molecule has 7 heteroatoms. The van der Waals surface area contributed by atoms with Gasteiger partial charge in [-0.05, 0) is 73.2 Å². The second kappa shape index (κ2) is 11.4. The van der Waals surface area contributed by atoms with Gasteiger partial charge in [0.25, 0.3) is 5.91 Å². The van der Waals surface area contributed by atoms with Crippen LogP contribution >= 0.6 is 22.9 Å². The zero-order chi connectivity index (χ0) is 24.0. The van der Waals surface area contributed by atoms with Gasteiger partial charge < -0.3 is 9.80 Å². The quantitative estimate of drug-likeness (QED) is 0.355. The summed E-state index contributed by atoms with van der Waals surface area (Å²) in [6, 6.07) is 14.8. The van der Waals surface area contributed by atoms with E-state index in [1.165, 1.54) is 12.1 Å². The first-order valence-corrected chi connectivity index (χ1v) is 12.2. The molecule has 1 atom stereocenters. The molecule has 3 rings (SSSR count). The first-order chi connectivity index (χ1) is 15.8. The molecule has 1 unspecified atom stereocenters. The van der Waals surface area contributed by atoms with Gasteiger partial charge >= 0.3 is 0 Å². The smallest absolute Gasteiger partial charge is 0.254 e. The molecule has 0 aliphatic heterocycles. The first-order valence-electron chi connectivity index (χ1n) is 10.9. The Labute approximate surface area is 203 Å². The molecule has 3 aromatic rings.